The van der Waals surface area contributed by atoms with E-state index >= 15 is 0 Å². The summed E-state index contributed by atoms with van der Waals surface area (Å²) >= 11 is 0. The second-order valence-electron chi connectivity index (χ2n) is 3.95. The van der Waals surface area contributed by atoms with Gasteiger partial charge in [-0.05, 0) is 31.6 Å². The Morgan fingerprint density at radius 3 is 2.06 bits per heavy atom. The number of aliphatic carboxylic acids is 1. The lowest BCUT2D eigenvalue weighted by molar-refractivity contribution is -0.192. The maximum absolute atomic E-state index is 10.6. The van der Waals surface area contributed by atoms with Crippen LogP contribution in [0.4, 0.5) is 13.2 Å². The molecule has 1 fully saturated rings. The highest BCUT2D eigenvalue weighted by atomic mass is 19.4. The Morgan fingerprint density at radius 1 is 1.35 bits per heavy atom. The molecule has 0 bridgehead atoms. The number of carboxylic acids is 1. The molecule has 17 heavy (non-hydrogen) atoms. The van der Waals surface area contributed by atoms with E-state index in [-0.39, 0.29) is 0 Å². The lowest BCUT2D eigenvalue weighted by Crippen LogP contribution is -2.26. The topological polar surface area (TPSA) is 87.1 Å². The standard InChI is InChI=1S/C8H14N2.C2HF3O2/c9-6-5-7-1-3-8(10)4-2-7;3-2(4,5)1(6)7/h7-8H,1-5,10H2;(H,6,7). The average molecular weight is 252 g/mol. The number of nitrogens with two attached hydrogens (primary N) is 1. The molecule has 0 aromatic carbocycles. The maximum atomic E-state index is 10.6. The first kappa shape index (κ1) is 15.7. The quantitative estimate of drug-likeness (QED) is 0.747. The van der Waals surface area contributed by atoms with E-state index in [1.807, 2.05) is 0 Å². The molecule has 98 valence electrons. The van der Waals surface area contributed by atoms with Crippen LogP contribution >= 0.6 is 0 Å². The number of hydrogen-bond acceptors (Lipinski definition) is 3. The lowest BCUT2D eigenvalue weighted by Gasteiger charge is -2.23. The lowest BCUT2D eigenvalue weighted by atomic mass is 9.85. The second-order valence-corrected chi connectivity index (χ2v) is 3.95. The summed E-state index contributed by atoms with van der Waals surface area (Å²) in [6.07, 6.45) is 0.203. The minimum Gasteiger partial charge on any atom is -0.475 e. The molecule has 0 heterocycles. The molecule has 1 saturated carbocycles. The van der Waals surface area contributed by atoms with Crippen LogP contribution in [-0.4, -0.2) is 23.3 Å². The average Bonchev–Trinajstić information content (AvgIpc) is 2.21. The molecule has 3 N–H and O–H groups in total. The Labute approximate surface area is 97.2 Å². The monoisotopic (exact) mass is 252 g/mol. The van der Waals surface area contributed by atoms with E-state index in [4.69, 9.17) is 20.9 Å². The molecular formula is C10H15F3N2O2. The van der Waals surface area contributed by atoms with Crippen LogP contribution < -0.4 is 5.73 Å². The zero-order valence-corrected chi connectivity index (χ0v) is 9.20. The number of nitriles is 1. The van der Waals surface area contributed by atoms with Crippen molar-refractivity contribution in [3.8, 4) is 6.07 Å². The molecule has 1 aliphatic carbocycles. The Kier molecular flexibility index (Phi) is 6.58. The summed E-state index contributed by atoms with van der Waals surface area (Å²) in [7, 11) is 0. The van der Waals surface area contributed by atoms with Crippen LogP contribution in [0.5, 0.6) is 0 Å². The first-order valence-electron chi connectivity index (χ1n) is 5.20. The summed E-state index contributed by atoms with van der Waals surface area (Å²) in [5.74, 6) is -2.11. The molecule has 7 heteroatoms. The molecule has 0 aromatic heterocycles. The van der Waals surface area contributed by atoms with Gasteiger partial charge in [-0.3, -0.25) is 0 Å². The number of rotatable bonds is 1. The minimum absolute atomic E-state index is 0.412. The van der Waals surface area contributed by atoms with Crippen molar-refractivity contribution < 1.29 is 23.1 Å². The van der Waals surface area contributed by atoms with Crippen LogP contribution in [0.15, 0.2) is 0 Å². The summed E-state index contributed by atoms with van der Waals surface area (Å²) in [5.41, 5.74) is 5.71. The Bertz CT molecular complexity index is 278. The number of hydrogen-bond donors (Lipinski definition) is 2. The number of nitrogens with zero attached hydrogens (tertiary/aromatic N) is 1. The van der Waals surface area contributed by atoms with Crippen LogP contribution in [0.1, 0.15) is 32.1 Å². The smallest absolute Gasteiger partial charge is 0.475 e. The summed E-state index contributed by atoms with van der Waals surface area (Å²) < 4.78 is 31.7. The van der Waals surface area contributed by atoms with Crippen LogP contribution in [0.3, 0.4) is 0 Å². The van der Waals surface area contributed by atoms with Crippen molar-refractivity contribution in [3.63, 3.8) is 0 Å². The third-order valence-electron chi connectivity index (χ3n) is 2.51. The molecule has 0 atom stereocenters. The van der Waals surface area contributed by atoms with Gasteiger partial charge in [0.05, 0.1) is 6.07 Å². The van der Waals surface area contributed by atoms with Gasteiger partial charge in [-0.25, -0.2) is 4.79 Å². The molecule has 0 unspecified atom stereocenters. The molecule has 0 spiro atoms. The van der Waals surface area contributed by atoms with Crippen molar-refractivity contribution in [2.24, 2.45) is 11.7 Å². The Morgan fingerprint density at radius 2 is 1.76 bits per heavy atom. The van der Waals surface area contributed by atoms with E-state index in [0.29, 0.717) is 12.0 Å². The molecule has 4 nitrogen and oxygen atoms in total. The highest BCUT2D eigenvalue weighted by Crippen LogP contribution is 2.25. The third-order valence-corrected chi connectivity index (χ3v) is 2.51. The van der Waals surface area contributed by atoms with Gasteiger partial charge in [0.1, 0.15) is 0 Å². The van der Waals surface area contributed by atoms with Crippen LogP contribution in [0.2, 0.25) is 0 Å². The van der Waals surface area contributed by atoms with Crippen molar-refractivity contribution in [2.45, 2.75) is 44.3 Å². The van der Waals surface area contributed by atoms with Crippen LogP contribution in [-0.2, 0) is 4.79 Å². The molecule has 0 aliphatic heterocycles. The normalized spacial score (nSPS) is 24.2. The van der Waals surface area contributed by atoms with Crippen molar-refractivity contribution in [3.05, 3.63) is 0 Å². The van der Waals surface area contributed by atoms with Gasteiger partial charge in [-0.15, -0.1) is 0 Å². The van der Waals surface area contributed by atoms with Crippen molar-refractivity contribution in [1.29, 1.82) is 5.26 Å². The van der Waals surface area contributed by atoms with E-state index in [2.05, 4.69) is 6.07 Å². The van der Waals surface area contributed by atoms with Gasteiger partial charge in [0.25, 0.3) is 0 Å². The third kappa shape index (κ3) is 7.58. The highest BCUT2D eigenvalue weighted by Gasteiger charge is 2.38. The Balaban J connectivity index is 0.000000325. The van der Waals surface area contributed by atoms with E-state index in [9.17, 15) is 13.2 Å². The predicted molar refractivity (Wildman–Crippen MR) is 53.9 cm³/mol. The molecule has 0 radical (unpaired) electrons. The van der Waals surface area contributed by atoms with Crippen molar-refractivity contribution in [2.75, 3.05) is 0 Å². The first-order valence-corrected chi connectivity index (χ1v) is 5.20. The number of carboxylic acid groups (broad SMARTS) is 1. The first-order chi connectivity index (χ1) is 7.77. The fraction of sp³-hybridized carbons (Fsp3) is 0.800. The molecule has 1 rings (SSSR count). The summed E-state index contributed by atoms with van der Waals surface area (Å²) in [6.45, 7) is 0. The summed E-state index contributed by atoms with van der Waals surface area (Å²) in [4.78, 5) is 8.90. The van der Waals surface area contributed by atoms with Gasteiger partial charge < -0.3 is 10.8 Å². The predicted octanol–water partition coefficient (Wildman–Crippen LogP) is 2.05. The molecule has 0 aromatic rings. The fourth-order valence-electron chi connectivity index (χ4n) is 1.52. The van der Waals surface area contributed by atoms with E-state index in [1.165, 1.54) is 0 Å². The Hall–Kier alpha value is -1.29. The fourth-order valence-corrected chi connectivity index (χ4v) is 1.52. The number of carbonyl (C=O) groups is 1. The van der Waals surface area contributed by atoms with Crippen LogP contribution in [0.25, 0.3) is 0 Å². The van der Waals surface area contributed by atoms with E-state index < -0.39 is 12.1 Å². The minimum atomic E-state index is -5.08. The van der Waals surface area contributed by atoms with Crippen molar-refractivity contribution >= 4 is 5.97 Å². The van der Waals surface area contributed by atoms with Crippen molar-refractivity contribution in [1.82, 2.24) is 0 Å². The molecule has 1 aliphatic rings. The zero-order chi connectivity index (χ0) is 13.5. The van der Waals surface area contributed by atoms with E-state index in [1.54, 1.807) is 0 Å². The van der Waals surface area contributed by atoms with Gasteiger partial charge in [-0.2, -0.15) is 18.4 Å². The van der Waals surface area contributed by atoms with Gasteiger partial charge in [-0.1, -0.05) is 0 Å². The SMILES string of the molecule is N#CCC1CCC(N)CC1.O=C(O)C(F)(F)F. The maximum Gasteiger partial charge on any atom is 0.490 e. The molecular weight excluding hydrogens is 237 g/mol. The highest BCUT2D eigenvalue weighted by molar-refractivity contribution is 5.73. The van der Waals surface area contributed by atoms with Gasteiger partial charge >= 0.3 is 12.1 Å². The zero-order valence-electron chi connectivity index (χ0n) is 9.20. The summed E-state index contributed by atoms with van der Waals surface area (Å²) in [6, 6.07) is 2.62. The largest absolute Gasteiger partial charge is 0.490 e. The van der Waals surface area contributed by atoms with Gasteiger partial charge in [0, 0.05) is 12.5 Å². The molecule has 0 saturated heterocycles. The molecule has 0 amide bonds. The van der Waals surface area contributed by atoms with Crippen LogP contribution in [0, 0.1) is 17.2 Å². The van der Waals surface area contributed by atoms with E-state index in [0.717, 1.165) is 32.1 Å². The summed E-state index contributed by atoms with van der Waals surface area (Å²) in [5, 5.41) is 15.5. The van der Waals surface area contributed by atoms with Gasteiger partial charge in [0.15, 0.2) is 0 Å². The second kappa shape index (κ2) is 7.12. The van der Waals surface area contributed by atoms with Gasteiger partial charge in [0.2, 0.25) is 0 Å². The number of halogens is 3. The number of alkyl halides is 3.